The molecule has 25 heavy (non-hydrogen) atoms. The first-order chi connectivity index (χ1) is 12.0. The molecule has 0 aromatic carbocycles. The number of hydrogen-bond acceptors (Lipinski definition) is 5. The van der Waals surface area contributed by atoms with Crippen molar-refractivity contribution in [2.45, 2.75) is 57.5 Å². The standard InChI is InChI=1S/C18H27N3O3S/c1-2-21(16-9-11-25(23,24)13-16)17-12-14(8-10-19-17)18(22)20-15-6-4-3-5-7-15/h8,10,12,15-16H,2-7,9,11,13H2,1H3,(H,20,22). The molecule has 1 aromatic heterocycles. The van der Waals surface area contributed by atoms with Crippen molar-refractivity contribution in [1.29, 1.82) is 0 Å². The molecule has 3 rings (SSSR count). The van der Waals surface area contributed by atoms with Crippen LogP contribution in [0.2, 0.25) is 0 Å². The van der Waals surface area contributed by atoms with Gasteiger partial charge in [0, 0.05) is 30.4 Å². The molecule has 0 bridgehead atoms. The highest BCUT2D eigenvalue weighted by atomic mass is 32.2. The van der Waals surface area contributed by atoms with Crippen LogP contribution in [0.3, 0.4) is 0 Å². The molecule has 1 aliphatic heterocycles. The number of carbonyl (C=O) groups is 1. The van der Waals surface area contributed by atoms with Crippen LogP contribution in [-0.2, 0) is 9.84 Å². The fourth-order valence-corrected chi connectivity index (χ4v) is 5.59. The molecule has 2 aliphatic rings. The van der Waals surface area contributed by atoms with E-state index < -0.39 is 9.84 Å². The van der Waals surface area contributed by atoms with Crippen LogP contribution in [0.25, 0.3) is 0 Å². The number of sulfone groups is 1. The van der Waals surface area contributed by atoms with Gasteiger partial charge in [0.15, 0.2) is 9.84 Å². The molecule has 1 aromatic rings. The summed E-state index contributed by atoms with van der Waals surface area (Å²) in [6.45, 7) is 2.66. The van der Waals surface area contributed by atoms with Gasteiger partial charge in [-0.1, -0.05) is 19.3 Å². The number of hydrogen-bond donors (Lipinski definition) is 1. The Kier molecular flexibility index (Phi) is 5.61. The molecule has 1 N–H and O–H groups in total. The first-order valence-electron chi connectivity index (χ1n) is 9.22. The maximum absolute atomic E-state index is 12.5. The predicted molar refractivity (Wildman–Crippen MR) is 98.7 cm³/mol. The smallest absolute Gasteiger partial charge is 0.251 e. The van der Waals surface area contributed by atoms with Gasteiger partial charge in [0.05, 0.1) is 11.5 Å². The number of anilines is 1. The van der Waals surface area contributed by atoms with E-state index in [0.29, 0.717) is 24.3 Å². The van der Waals surface area contributed by atoms with Crippen LogP contribution < -0.4 is 10.2 Å². The van der Waals surface area contributed by atoms with Crippen LogP contribution in [0.5, 0.6) is 0 Å². The zero-order valence-corrected chi connectivity index (χ0v) is 15.6. The number of amides is 1. The van der Waals surface area contributed by atoms with E-state index in [1.54, 1.807) is 18.3 Å². The van der Waals surface area contributed by atoms with E-state index >= 15 is 0 Å². The van der Waals surface area contributed by atoms with Crippen molar-refractivity contribution in [3.8, 4) is 0 Å². The number of carbonyl (C=O) groups excluding carboxylic acids is 1. The third kappa shape index (κ3) is 4.51. The van der Waals surface area contributed by atoms with Gasteiger partial charge in [0.2, 0.25) is 0 Å². The molecular formula is C18H27N3O3S. The Morgan fingerprint density at radius 1 is 1.28 bits per heavy atom. The lowest BCUT2D eigenvalue weighted by molar-refractivity contribution is 0.0927. The summed E-state index contributed by atoms with van der Waals surface area (Å²) in [5, 5.41) is 3.12. The second kappa shape index (κ2) is 7.72. The van der Waals surface area contributed by atoms with E-state index in [4.69, 9.17) is 0 Å². The molecule has 1 aliphatic carbocycles. The van der Waals surface area contributed by atoms with Gasteiger partial charge in [-0.05, 0) is 38.3 Å². The fourth-order valence-electron chi connectivity index (χ4n) is 3.86. The minimum Gasteiger partial charge on any atom is -0.353 e. The van der Waals surface area contributed by atoms with Gasteiger partial charge in [0.1, 0.15) is 5.82 Å². The van der Waals surface area contributed by atoms with E-state index in [0.717, 1.165) is 12.8 Å². The molecule has 1 atom stereocenters. The summed E-state index contributed by atoms with van der Waals surface area (Å²) in [7, 11) is -2.95. The van der Waals surface area contributed by atoms with Gasteiger partial charge in [-0.2, -0.15) is 0 Å². The van der Waals surface area contributed by atoms with Crippen molar-refractivity contribution in [1.82, 2.24) is 10.3 Å². The lowest BCUT2D eigenvalue weighted by Gasteiger charge is -2.28. The summed E-state index contributed by atoms with van der Waals surface area (Å²) < 4.78 is 23.6. The Hall–Kier alpha value is -1.63. The molecule has 2 fully saturated rings. The molecule has 1 saturated carbocycles. The lowest BCUT2D eigenvalue weighted by Crippen LogP contribution is -2.38. The van der Waals surface area contributed by atoms with Crippen LogP contribution in [0.15, 0.2) is 18.3 Å². The Morgan fingerprint density at radius 3 is 2.68 bits per heavy atom. The Labute approximate surface area is 149 Å². The van der Waals surface area contributed by atoms with E-state index in [9.17, 15) is 13.2 Å². The van der Waals surface area contributed by atoms with Crippen LogP contribution in [0.1, 0.15) is 55.8 Å². The highest BCUT2D eigenvalue weighted by molar-refractivity contribution is 7.91. The van der Waals surface area contributed by atoms with E-state index in [1.165, 1.54) is 19.3 Å². The molecule has 0 spiro atoms. The number of nitrogens with zero attached hydrogens (tertiary/aromatic N) is 2. The average Bonchev–Trinajstić information content (AvgIpc) is 2.96. The van der Waals surface area contributed by atoms with Crippen molar-refractivity contribution in [2.75, 3.05) is 23.0 Å². The third-order valence-electron chi connectivity index (χ3n) is 5.23. The first kappa shape index (κ1) is 18.2. The minimum atomic E-state index is -2.95. The lowest BCUT2D eigenvalue weighted by atomic mass is 9.95. The Morgan fingerprint density at radius 2 is 2.04 bits per heavy atom. The molecule has 6 nitrogen and oxygen atoms in total. The molecule has 138 valence electrons. The van der Waals surface area contributed by atoms with Crippen molar-refractivity contribution in [2.24, 2.45) is 0 Å². The van der Waals surface area contributed by atoms with E-state index in [1.807, 2.05) is 11.8 Å². The van der Waals surface area contributed by atoms with Gasteiger partial charge in [-0.15, -0.1) is 0 Å². The molecule has 1 saturated heterocycles. The molecule has 1 unspecified atom stereocenters. The van der Waals surface area contributed by atoms with Crippen LogP contribution >= 0.6 is 0 Å². The van der Waals surface area contributed by atoms with Gasteiger partial charge < -0.3 is 10.2 Å². The maximum atomic E-state index is 12.5. The van der Waals surface area contributed by atoms with Crippen LogP contribution in [-0.4, -0.2) is 49.4 Å². The number of nitrogens with one attached hydrogen (secondary N) is 1. The zero-order valence-electron chi connectivity index (χ0n) is 14.8. The second-order valence-electron chi connectivity index (χ2n) is 7.05. The number of pyridine rings is 1. The van der Waals surface area contributed by atoms with E-state index in [-0.39, 0.29) is 29.5 Å². The maximum Gasteiger partial charge on any atom is 0.251 e. The summed E-state index contributed by atoms with van der Waals surface area (Å²) in [6.07, 6.45) is 7.95. The van der Waals surface area contributed by atoms with Crippen LogP contribution in [0.4, 0.5) is 5.82 Å². The highest BCUT2D eigenvalue weighted by Gasteiger charge is 2.32. The molecule has 2 heterocycles. The summed E-state index contributed by atoms with van der Waals surface area (Å²) in [5.74, 6) is 1.02. The quantitative estimate of drug-likeness (QED) is 0.865. The molecule has 1 amide bonds. The number of rotatable bonds is 5. The molecule has 7 heteroatoms. The van der Waals surface area contributed by atoms with Gasteiger partial charge >= 0.3 is 0 Å². The van der Waals surface area contributed by atoms with Crippen molar-refractivity contribution < 1.29 is 13.2 Å². The summed E-state index contributed by atoms with van der Waals surface area (Å²) in [6, 6.07) is 3.72. The summed E-state index contributed by atoms with van der Waals surface area (Å²) in [4.78, 5) is 18.9. The van der Waals surface area contributed by atoms with E-state index in [2.05, 4.69) is 10.3 Å². The zero-order chi connectivity index (χ0) is 17.9. The SMILES string of the molecule is CCN(c1cc(C(=O)NC2CCCCC2)ccn1)C1CCS(=O)(=O)C1. The largest absolute Gasteiger partial charge is 0.353 e. The summed E-state index contributed by atoms with van der Waals surface area (Å²) in [5.41, 5.74) is 0.592. The summed E-state index contributed by atoms with van der Waals surface area (Å²) >= 11 is 0. The first-order valence-corrected chi connectivity index (χ1v) is 11.0. The normalized spacial score (nSPS) is 23.3. The number of aromatic nitrogens is 1. The Bertz CT molecular complexity index is 714. The predicted octanol–water partition coefficient (Wildman–Crippen LogP) is 2.16. The van der Waals surface area contributed by atoms with Crippen molar-refractivity contribution >= 4 is 21.6 Å². The van der Waals surface area contributed by atoms with Crippen LogP contribution in [0, 0.1) is 0 Å². The molecular weight excluding hydrogens is 338 g/mol. The monoisotopic (exact) mass is 365 g/mol. The van der Waals surface area contributed by atoms with Gasteiger partial charge in [-0.25, -0.2) is 13.4 Å². The fraction of sp³-hybridized carbons (Fsp3) is 0.667. The molecule has 0 radical (unpaired) electrons. The van der Waals surface area contributed by atoms with Gasteiger partial charge in [-0.3, -0.25) is 4.79 Å². The highest BCUT2D eigenvalue weighted by Crippen LogP contribution is 2.24. The average molecular weight is 365 g/mol. The minimum absolute atomic E-state index is 0.0563. The van der Waals surface area contributed by atoms with Crippen molar-refractivity contribution in [3.63, 3.8) is 0 Å². The Balaban J connectivity index is 1.72. The third-order valence-corrected chi connectivity index (χ3v) is 6.98. The van der Waals surface area contributed by atoms with Gasteiger partial charge in [0.25, 0.3) is 5.91 Å². The topological polar surface area (TPSA) is 79.4 Å². The van der Waals surface area contributed by atoms with Crippen molar-refractivity contribution in [3.05, 3.63) is 23.9 Å². The second-order valence-corrected chi connectivity index (χ2v) is 9.28.